The minimum Gasteiger partial charge on any atom is -0.505 e. The van der Waals surface area contributed by atoms with E-state index in [4.69, 9.17) is 4.74 Å². The summed E-state index contributed by atoms with van der Waals surface area (Å²) >= 11 is 1.24. The fourth-order valence-corrected chi connectivity index (χ4v) is 8.21. The second kappa shape index (κ2) is 17.0. The smallest absolute Gasteiger partial charge is 0.297 e. The Morgan fingerprint density at radius 3 is 2.06 bits per heavy atom. The van der Waals surface area contributed by atoms with E-state index >= 15 is 0 Å². The first kappa shape index (κ1) is 43.4. The maximum absolute atomic E-state index is 12.7. The molecule has 0 saturated carbocycles. The number of phenols is 1. The van der Waals surface area contributed by atoms with Gasteiger partial charge in [0.1, 0.15) is 40.1 Å². The lowest BCUT2D eigenvalue weighted by Crippen LogP contribution is -2.12. The summed E-state index contributed by atoms with van der Waals surface area (Å²) in [5, 5.41) is 59.9. The average Bonchev–Trinajstić information content (AvgIpc) is 3.80. The quantitative estimate of drug-likeness (QED) is 0.0446. The number of aromatic hydroxyl groups is 2. The Bertz CT molecular complexity index is 3330. The van der Waals surface area contributed by atoms with Crippen molar-refractivity contribution in [1.82, 2.24) is 14.8 Å². The lowest BCUT2D eigenvalue weighted by atomic mass is 10.1. The minimum absolute atomic E-state index is 0.0314. The number of azo groups is 3. The molecule has 0 atom stereocenters. The molecule has 0 aliphatic rings. The van der Waals surface area contributed by atoms with E-state index in [9.17, 15) is 54.2 Å². The highest BCUT2D eigenvalue weighted by molar-refractivity contribution is 7.86. The van der Waals surface area contributed by atoms with Crippen LogP contribution in [0, 0.1) is 6.92 Å². The summed E-state index contributed by atoms with van der Waals surface area (Å²) in [6.45, 7) is 1.03. The largest absolute Gasteiger partial charge is 0.505 e. The normalized spacial score (nSPS) is 12.8. The molecular formula is C36H29N9O13S4. The van der Waals surface area contributed by atoms with Gasteiger partial charge in [0.15, 0.2) is 11.4 Å². The van der Waals surface area contributed by atoms with Crippen molar-refractivity contribution < 1.29 is 59.0 Å². The van der Waals surface area contributed by atoms with Crippen molar-refractivity contribution in [3.05, 3.63) is 96.2 Å². The molecule has 0 amide bonds. The van der Waals surface area contributed by atoms with E-state index < -0.39 is 69.8 Å². The van der Waals surface area contributed by atoms with E-state index in [1.807, 2.05) is 0 Å². The molecule has 5 aromatic carbocycles. The molecule has 0 aliphatic heterocycles. The SMILES string of the molecule is Cc1cc(N=Nc2ccc3c(S(=O)(=O)O)c(N=Nc4cnn(-c5ccc(S(=O)(=O)O)cc5)c4O)ccc3c2O)c(OCCS(=O)(=O)O)cc1N=Nc1nc2ccc(CO)cc2s1. The minimum atomic E-state index is -5.06. The fraction of sp³-hybridized carbons (Fsp3) is 0.111. The summed E-state index contributed by atoms with van der Waals surface area (Å²) in [6, 6.07) is 17.5. The molecule has 26 heteroatoms. The van der Waals surface area contributed by atoms with Crippen LogP contribution in [0.15, 0.2) is 126 Å². The number of thiazole rings is 1. The van der Waals surface area contributed by atoms with E-state index in [0.717, 1.165) is 33.8 Å². The van der Waals surface area contributed by atoms with Crippen molar-refractivity contribution in [3.63, 3.8) is 0 Å². The molecule has 2 heterocycles. The molecule has 0 spiro atoms. The number of aromatic nitrogens is 3. The molecule has 0 radical (unpaired) electrons. The van der Waals surface area contributed by atoms with Crippen molar-refractivity contribution in [2.75, 3.05) is 12.4 Å². The Hall–Kier alpha value is -6.65. The number of hydrogen-bond acceptors (Lipinski definition) is 19. The number of phenolic OH excluding ortho intramolecular Hbond substituents is 1. The van der Waals surface area contributed by atoms with Gasteiger partial charge in [-0.2, -0.15) is 35.0 Å². The van der Waals surface area contributed by atoms with Crippen LogP contribution in [0.2, 0.25) is 0 Å². The van der Waals surface area contributed by atoms with Gasteiger partial charge in [0.25, 0.3) is 30.4 Å². The lowest BCUT2D eigenvalue weighted by Gasteiger charge is -2.11. The maximum Gasteiger partial charge on any atom is 0.297 e. The number of aliphatic hydroxyl groups excluding tert-OH is 1. The Labute approximate surface area is 354 Å². The predicted molar refractivity (Wildman–Crippen MR) is 222 cm³/mol. The number of ether oxygens (including phenoxy) is 1. The summed E-state index contributed by atoms with van der Waals surface area (Å²) < 4.78 is 107. The molecular weight excluding hydrogens is 895 g/mol. The van der Waals surface area contributed by atoms with Crippen molar-refractivity contribution in [2.45, 2.75) is 23.3 Å². The number of fused-ring (bicyclic) bond motifs is 2. The van der Waals surface area contributed by atoms with Gasteiger partial charge in [-0.1, -0.05) is 23.5 Å². The van der Waals surface area contributed by atoms with Gasteiger partial charge in [-0.3, -0.25) is 13.7 Å². The molecule has 6 N–H and O–H groups in total. The first-order valence-corrected chi connectivity index (χ1v) is 22.7. The van der Waals surface area contributed by atoms with Crippen LogP contribution in [0.3, 0.4) is 0 Å². The van der Waals surface area contributed by atoms with Gasteiger partial charge < -0.3 is 20.1 Å². The molecule has 0 unspecified atom stereocenters. The highest BCUT2D eigenvalue weighted by atomic mass is 32.2. The maximum atomic E-state index is 12.7. The van der Waals surface area contributed by atoms with Crippen LogP contribution in [0.25, 0.3) is 26.7 Å². The van der Waals surface area contributed by atoms with Gasteiger partial charge in [-0.25, -0.2) is 4.98 Å². The first-order chi connectivity index (χ1) is 29.3. The number of rotatable bonds is 14. The van der Waals surface area contributed by atoms with E-state index in [1.165, 1.54) is 53.8 Å². The topological polar surface area (TPSA) is 338 Å². The van der Waals surface area contributed by atoms with Gasteiger partial charge in [-0.05, 0) is 78.7 Å². The summed E-state index contributed by atoms with van der Waals surface area (Å²) in [5.74, 6) is -1.96. The van der Waals surface area contributed by atoms with Crippen molar-refractivity contribution in [2.24, 2.45) is 30.7 Å². The summed E-state index contributed by atoms with van der Waals surface area (Å²) in [6.07, 6.45) is 1.07. The monoisotopic (exact) mass is 923 g/mol. The molecule has 7 rings (SSSR count). The molecule has 7 aromatic rings. The molecule has 0 aliphatic carbocycles. The number of aliphatic hydroxyl groups is 1. The molecule has 320 valence electrons. The van der Waals surface area contributed by atoms with Gasteiger partial charge in [0.05, 0.1) is 39.3 Å². The van der Waals surface area contributed by atoms with Crippen LogP contribution in [-0.2, 0) is 37.0 Å². The second-order valence-corrected chi connectivity index (χ2v) is 18.3. The van der Waals surface area contributed by atoms with E-state index in [-0.39, 0.29) is 51.6 Å². The van der Waals surface area contributed by atoms with Crippen molar-refractivity contribution in [1.29, 1.82) is 0 Å². The highest BCUT2D eigenvalue weighted by Crippen LogP contribution is 2.43. The average molecular weight is 924 g/mol. The molecule has 2 aromatic heterocycles. The number of aryl methyl sites for hydroxylation is 1. The molecule has 62 heavy (non-hydrogen) atoms. The Morgan fingerprint density at radius 2 is 1.37 bits per heavy atom. The first-order valence-electron chi connectivity index (χ1n) is 17.4. The fourth-order valence-electron chi connectivity index (χ4n) is 5.75. The number of benzene rings is 5. The van der Waals surface area contributed by atoms with Gasteiger partial charge >= 0.3 is 0 Å². The van der Waals surface area contributed by atoms with Crippen LogP contribution in [0.4, 0.5) is 33.6 Å². The Kier molecular flexibility index (Phi) is 11.9. The molecule has 22 nitrogen and oxygen atoms in total. The van der Waals surface area contributed by atoms with Gasteiger partial charge in [0, 0.05) is 16.8 Å². The van der Waals surface area contributed by atoms with E-state index in [0.29, 0.717) is 21.8 Å². The number of nitrogens with zero attached hydrogens (tertiary/aromatic N) is 9. The van der Waals surface area contributed by atoms with Crippen LogP contribution in [0.5, 0.6) is 17.4 Å². The van der Waals surface area contributed by atoms with Crippen molar-refractivity contribution in [3.8, 4) is 23.1 Å². The third-order valence-electron chi connectivity index (χ3n) is 8.72. The van der Waals surface area contributed by atoms with Crippen LogP contribution in [-0.4, -0.2) is 81.4 Å². The zero-order chi connectivity index (χ0) is 44.6. The van der Waals surface area contributed by atoms with Gasteiger partial charge in [0.2, 0.25) is 11.0 Å². The predicted octanol–water partition coefficient (Wildman–Crippen LogP) is 7.85. The molecule has 0 bridgehead atoms. The third kappa shape index (κ3) is 9.61. The summed E-state index contributed by atoms with van der Waals surface area (Å²) in [4.78, 5) is 3.25. The molecule has 0 saturated heterocycles. The second-order valence-electron chi connectivity index (χ2n) is 12.9. The van der Waals surface area contributed by atoms with Gasteiger partial charge in [-0.15, -0.1) is 30.7 Å². The zero-order valence-electron chi connectivity index (χ0n) is 31.4. The van der Waals surface area contributed by atoms with Crippen LogP contribution >= 0.6 is 11.3 Å². The zero-order valence-corrected chi connectivity index (χ0v) is 34.7. The van der Waals surface area contributed by atoms with Crippen molar-refractivity contribution >= 4 is 96.2 Å². The number of hydrogen-bond donors (Lipinski definition) is 6. The van der Waals surface area contributed by atoms with Crippen LogP contribution < -0.4 is 4.74 Å². The lowest BCUT2D eigenvalue weighted by molar-refractivity contribution is 0.282. The van der Waals surface area contributed by atoms with E-state index in [1.54, 1.807) is 25.1 Å². The van der Waals surface area contributed by atoms with Crippen LogP contribution in [0.1, 0.15) is 11.1 Å². The highest BCUT2D eigenvalue weighted by Gasteiger charge is 2.23. The molecule has 0 fully saturated rings. The third-order valence-corrected chi connectivity index (χ3v) is 12.1. The summed E-state index contributed by atoms with van der Waals surface area (Å²) in [5.41, 5.74) is 1.48. The Balaban J connectivity index is 1.19. The van der Waals surface area contributed by atoms with E-state index in [2.05, 4.69) is 40.8 Å². The Morgan fingerprint density at radius 1 is 0.710 bits per heavy atom. The standard InChI is InChI=1S/C36H29N9O13S4/c1-19-14-29(31(58-12-13-60(49,50)51)16-28(19)41-44-36-38-25-9-2-20(18-46)15-32(25)59-36)42-39-26-10-8-24-23(33(26)47)7-11-27(34(24)62(55,56)57)40-43-30-17-37-45(35(30)48)21-3-5-22(6-4-21)61(52,53)54/h2-11,14-17,46-48H,12-13,18H2,1H3,(H,49,50,51)(H,52,53,54)(H,55,56,57). The summed E-state index contributed by atoms with van der Waals surface area (Å²) in [7, 11) is -13.9.